The zero-order valence-corrected chi connectivity index (χ0v) is 10.2. The van der Waals surface area contributed by atoms with Crippen LogP contribution in [0.5, 0.6) is 0 Å². The minimum atomic E-state index is -4.35. The Hall–Kier alpha value is -0.920. The minimum Gasteiger partial charge on any atom is -0.305 e. The summed E-state index contributed by atoms with van der Waals surface area (Å²) >= 11 is -1.96. The molecule has 0 radical (unpaired) electrons. The Morgan fingerprint density at radius 2 is 2.06 bits per heavy atom. The molecule has 1 N–H and O–H groups in total. The van der Waals surface area contributed by atoms with Crippen LogP contribution in [0, 0.1) is 0 Å². The molecule has 18 heavy (non-hydrogen) atoms. The van der Waals surface area contributed by atoms with Gasteiger partial charge in [0.25, 0.3) is 0 Å². The molecule has 1 aliphatic rings. The van der Waals surface area contributed by atoms with Gasteiger partial charge in [-0.3, -0.25) is 4.90 Å². The molecule has 1 atom stereocenters. The Morgan fingerprint density at radius 3 is 2.67 bits per heavy atom. The van der Waals surface area contributed by atoms with Crippen LogP contribution in [-0.4, -0.2) is 26.1 Å². The smallest absolute Gasteiger partial charge is 0.305 e. The van der Waals surface area contributed by atoms with Gasteiger partial charge in [0.05, 0.1) is 5.56 Å². The Morgan fingerprint density at radius 1 is 1.33 bits per heavy atom. The van der Waals surface area contributed by atoms with Crippen molar-refractivity contribution in [3.8, 4) is 0 Å². The van der Waals surface area contributed by atoms with Gasteiger partial charge in [0.2, 0.25) is 0 Å². The van der Waals surface area contributed by atoms with Crippen molar-refractivity contribution in [3.63, 3.8) is 0 Å². The van der Waals surface area contributed by atoms with Crippen LogP contribution >= 0.6 is 0 Å². The highest BCUT2D eigenvalue weighted by molar-refractivity contribution is 7.79. The minimum absolute atomic E-state index is 0.0321. The second-order valence-corrected chi connectivity index (χ2v) is 5.14. The topological polar surface area (TPSA) is 40.5 Å². The summed E-state index contributed by atoms with van der Waals surface area (Å²) in [5, 5.41) is 0. The molecule has 1 aromatic rings. The molecule has 0 bridgehead atoms. The van der Waals surface area contributed by atoms with Crippen molar-refractivity contribution >= 4 is 11.1 Å². The van der Waals surface area contributed by atoms with E-state index < -0.39 is 22.8 Å². The van der Waals surface area contributed by atoms with E-state index in [1.54, 1.807) is 4.90 Å². The van der Waals surface area contributed by atoms with E-state index >= 15 is 0 Å². The van der Waals surface area contributed by atoms with E-state index in [1.807, 2.05) is 0 Å². The SMILES string of the molecule is O=S(O)CN1CCc2ccc(C(F)(F)F)cc2C1. The van der Waals surface area contributed by atoms with Crippen molar-refractivity contribution in [1.29, 1.82) is 0 Å². The lowest BCUT2D eigenvalue weighted by Gasteiger charge is -2.27. The molecular formula is C11H12F3NO2S. The molecule has 0 aliphatic carbocycles. The van der Waals surface area contributed by atoms with Crippen molar-refractivity contribution in [1.82, 2.24) is 4.90 Å². The van der Waals surface area contributed by atoms with Crippen molar-refractivity contribution in [2.45, 2.75) is 19.1 Å². The first-order chi connectivity index (χ1) is 8.36. The molecule has 0 amide bonds. The molecule has 100 valence electrons. The van der Waals surface area contributed by atoms with Crippen LogP contribution in [0.15, 0.2) is 18.2 Å². The first-order valence-corrected chi connectivity index (χ1v) is 6.62. The zero-order valence-electron chi connectivity index (χ0n) is 9.41. The van der Waals surface area contributed by atoms with E-state index in [9.17, 15) is 17.4 Å². The van der Waals surface area contributed by atoms with E-state index in [0.29, 0.717) is 18.5 Å². The molecule has 1 aliphatic heterocycles. The van der Waals surface area contributed by atoms with Crippen molar-refractivity contribution in [2.75, 3.05) is 12.4 Å². The third-order valence-corrected chi connectivity index (χ3v) is 3.50. The summed E-state index contributed by atoms with van der Waals surface area (Å²) in [6, 6.07) is 3.70. The fourth-order valence-electron chi connectivity index (χ4n) is 2.06. The number of hydrogen-bond donors (Lipinski definition) is 1. The summed E-state index contributed by atoms with van der Waals surface area (Å²) in [6.07, 6.45) is -3.75. The summed E-state index contributed by atoms with van der Waals surface area (Å²) < 4.78 is 57.2. The van der Waals surface area contributed by atoms with Gasteiger partial charge in [-0.05, 0) is 29.7 Å². The number of nitrogens with zero attached hydrogens (tertiary/aromatic N) is 1. The summed E-state index contributed by atoms with van der Waals surface area (Å²) in [5.74, 6) is -0.0321. The molecule has 0 spiro atoms. The first kappa shape index (κ1) is 13.5. The predicted molar refractivity (Wildman–Crippen MR) is 61.2 cm³/mol. The number of halogens is 3. The van der Waals surface area contributed by atoms with E-state index in [2.05, 4.69) is 0 Å². The fourth-order valence-corrected chi connectivity index (χ4v) is 2.59. The highest BCUT2D eigenvalue weighted by atomic mass is 32.2. The molecule has 0 aromatic heterocycles. The van der Waals surface area contributed by atoms with E-state index in [1.165, 1.54) is 6.07 Å². The second-order valence-electron chi connectivity index (χ2n) is 4.23. The van der Waals surface area contributed by atoms with Crippen molar-refractivity contribution < 1.29 is 21.9 Å². The quantitative estimate of drug-likeness (QED) is 0.844. The van der Waals surface area contributed by atoms with Crippen LogP contribution in [0.1, 0.15) is 16.7 Å². The molecule has 1 heterocycles. The third-order valence-electron chi connectivity index (χ3n) is 2.92. The van der Waals surface area contributed by atoms with Crippen LogP contribution in [0.2, 0.25) is 0 Å². The number of alkyl halides is 3. The Labute approximate surface area is 105 Å². The lowest BCUT2D eigenvalue weighted by molar-refractivity contribution is -0.137. The van der Waals surface area contributed by atoms with Gasteiger partial charge < -0.3 is 4.55 Å². The Kier molecular flexibility index (Phi) is 3.74. The largest absolute Gasteiger partial charge is 0.416 e. The van der Waals surface area contributed by atoms with Gasteiger partial charge in [-0.15, -0.1) is 0 Å². The molecule has 3 nitrogen and oxygen atoms in total. The lowest BCUT2D eigenvalue weighted by atomic mass is 9.97. The molecule has 0 saturated heterocycles. The van der Waals surface area contributed by atoms with Crippen LogP contribution in [0.3, 0.4) is 0 Å². The standard InChI is InChI=1S/C11H12F3NO2S/c12-11(13,14)10-2-1-8-3-4-15(7-18(16)17)6-9(8)5-10/h1-2,5H,3-4,6-7H2,(H,16,17). The first-order valence-electron chi connectivity index (χ1n) is 5.35. The number of fused-ring (bicyclic) bond motifs is 1. The zero-order chi connectivity index (χ0) is 13.3. The van der Waals surface area contributed by atoms with Gasteiger partial charge in [-0.25, -0.2) is 4.21 Å². The maximum Gasteiger partial charge on any atom is 0.416 e. The van der Waals surface area contributed by atoms with Crippen LogP contribution in [0.4, 0.5) is 13.2 Å². The normalized spacial score (nSPS) is 18.4. The van der Waals surface area contributed by atoms with Crippen LogP contribution < -0.4 is 0 Å². The maximum atomic E-state index is 12.6. The average molecular weight is 279 g/mol. The van der Waals surface area contributed by atoms with Crippen molar-refractivity contribution in [2.24, 2.45) is 0 Å². The predicted octanol–water partition coefficient (Wildman–Crippen LogP) is 2.24. The van der Waals surface area contributed by atoms with Gasteiger partial charge >= 0.3 is 6.18 Å². The van der Waals surface area contributed by atoms with Gasteiger partial charge in [-0.2, -0.15) is 13.2 Å². The van der Waals surface area contributed by atoms with E-state index in [4.69, 9.17) is 4.55 Å². The maximum absolute atomic E-state index is 12.6. The molecule has 0 fully saturated rings. The monoisotopic (exact) mass is 279 g/mol. The Balaban J connectivity index is 2.22. The summed E-state index contributed by atoms with van der Waals surface area (Å²) in [4.78, 5) is 1.68. The van der Waals surface area contributed by atoms with Gasteiger partial charge in [-0.1, -0.05) is 6.07 Å². The molecule has 2 rings (SSSR count). The van der Waals surface area contributed by atoms with Crippen molar-refractivity contribution in [3.05, 3.63) is 34.9 Å². The van der Waals surface area contributed by atoms with Crippen LogP contribution in [-0.2, 0) is 30.2 Å². The number of benzene rings is 1. The van der Waals surface area contributed by atoms with Gasteiger partial charge in [0.1, 0.15) is 5.88 Å². The van der Waals surface area contributed by atoms with Gasteiger partial charge in [0.15, 0.2) is 11.1 Å². The molecule has 0 saturated carbocycles. The van der Waals surface area contributed by atoms with E-state index in [-0.39, 0.29) is 12.4 Å². The third kappa shape index (κ3) is 3.09. The summed E-state index contributed by atoms with van der Waals surface area (Å²) in [6.45, 7) is 0.871. The molecular weight excluding hydrogens is 267 g/mol. The highest BCUT2D eigenvalue weighted by Gasteiger charge is 2.31. The summed E-state index contributed by atoms with van der Waals surface area (Å²) in [7, 11) is 0. The second kappa shape index (κ2) is 4.99. The molecule has 7 heteroatoms. The lowest BCUT2D eigenvalue weighted by Crippen LogP contribution is -2.33. The molecule has 1 aromatic carbocycles. The van der Waals surface area contributed by atoms with Crippen LogP contribution in [0.25, 0.3) is 0 Å². The summed E-state index contributed by atoms with van der Waals surface area (Å²) in [5.41, 5.74) is 0.790. The Bertz CT molecular complexity index is 476. The van der Waals surface area contributed by atoms with E-state index in [0.717, 1.165) is 17.7 Å². The molecule has 1 unspecified atom stereocenters. The van der Waals surface area contributed by atoms with Gasteiger partial charge in [0, 0.05) is 13.1 Å². The average Bonchev–Trinajstić information content (AvgIpc) is 2.26. The highest BCUT2D eigenvalue weighted by Crippen LogP contribution is 2.32. The number of rotatable bonds is 2. The number of hydrogen-bond acceptors (Lipinski definition) is 2. The fraction of sp³-hybridized carbons (Fsp3) is 0.455.